The van der Waals surface area contributed by atoms with Crippen LogP contribution in [-0.2, 0) is 25.0 Å². The number of amides is 1. The maximum atomic E-state index is 9.37. The largest absolute Gasteiger partial charge is 0.453 e. The van der Waals surface area contributed by atoms with Crippen LogP contribution in [-0.4, -0.2) is 51.7 Å². The monoisotopic (exact) mass is 267 g/mol. The Labute approximate surface area is 87.7 Å². The molecule has 0 aliphatic heterocycles. The Bertz CT molecular complexity index is 308. The minimum absolute atomic E-state index is 0.715. The highest BCUT2D eigenvalue weighted by atomic mass is 32.2. The average molecular weight is 267 g/mol. The molecule has 0 aromatic heterocycles. The Balaban J connectivity index is -0.000000144. The van der Waals surface area contributed by atoms with Crippen LogP contribution in [0.2, 0.25) is 0 Å². The van der Waals surface area contributed by atoms with Gasteiger partial charge in [-0.1, -0.05) is 0 Å². The van der Waals surface area contributed by atoms with Gasteiger partial charge in [0.1, 0.15) is 0 Å². The van der Waals surface area contributed by atoms with Crippen molar-refractivity contribution in [2.45, 2.75) is 0 Å². The van der Waals surface area contributed by atoms with Gasteiger partial charge in [-0.25, -0.2) is 4.79 Å². The van der Waals surface area contributed by atoms with Gasteiger partial charge in [0.2, 0.25) is 0 Å². The zero-order valence-corrected chi connectivity index (χ0v) is 9.87. The summed E-state index contributed by atoms with van der Waals surface area (Å²) in [4.78, 5) is 9.37. The van der Waals surface area contributed by atoms with Gasteiger partial charge >= 0.3 is 6.09 Å². The normalized spacial score (nSPS) is 9.93. The summed E-state index contributed by atoms with van der Waals surface area (Å²) in [6.07, 6.45) is 0.685. The summed E-state index contributed by atoms with van der Waals surface area (Å²) < 4.78 is 55.6. The first-order valence-electron chi connectivity index (χ1n) is 2.95. The van der Waals surface area contributed by atoms with E-state index in [2.05, 4.69) is 10.5 Å². The smallest absolute Gasteiger partial charge is 0.404 e. The van der Waals surface area contributed by atoms with Crippen molar-refractivity contribution in [3.05, 3.63) is 0 Å². The van der Waals surface area contributed by atoms with Crippen LogP contribution in [0, 0.1) is 0 Å². The maximum Gasteiger partial charge on any atom is 0.404 e. The van der Waals surface area contributed by atoms with Gasteiger partial charge in [-0.05, 0) is 0 Å². The number of hydrogen-bond acceptors (Lipinski definition) is 6. The van der Waals surface area contributed by atoms with E-state index in [9.17, 15) is 21.6 Å². The van der Waals surface area contributed by atoms with Crippen molar-refractivity contribution in [2.24, 2.45) is 5.73 Å². The Morgan fingerprint density at radius 3 is 1.13 bits per heavy atom. The fourth-order valence-electron chi connectivity index (χ4n) is 0. The van der Waals surface area contributed by atoms with E-state index < -0.39 is 26.3 Å². The van der Waals surface area contributed by atoms with Crippen LogP contribution in [0.1, 0.15) is 0 Å². The summed E-state index contributed by atoms with van der Waals surface area (Å²) in [7, 11) is -6.11. The van der Waals surface area contributed by atoms with E-state index in [-0.39, 0.29) is 0 Å². The molecule has 94 valence electrons. The van der Waals surface area contributed by atoms with Crippen molar-refractivity contribution in [1.82, 2.24) is 0 Å². The molecule has 0 aromatic rings. The first kappa shape index (κ1) is 19.6. The van der Waals surface area contributed by atoms with Crippen LogP contribution in [0.5, 0.6) is 0 Å². The van der Waals surface area contributed by atoms with Crippen LogP contribution < -0.4 is 5.73 Å². The number of carbonyl (C=O) groups is 1. The highest BCUT2D eigenvalue weighted by Gasteiger charge is 1.82. The lowest BCUT2D eigenvalue weighted by atomic mass is 11.3. The van der Waals surface area contributed by atoms with E-state index in [0.717, 1.165) is 0 Å². The number of primary amides is 1. The van der Waals surface area contributed by atoms with Crippen molar-refractivity contribution in [3.8, 4) is 0 Å². The predicted molar refractivity (Wildman–Crippen MR) is 51.5 cm³/mol. The van der Waals surface area contributed by atoms with Gasteiger partial charge in [0, 0.05) is 0 Å². The molecule has 0 saturated heterocycles. The van der Waals surface area contributed by atoms with E-state index in [4.69, 9.17) is 9.11 Å². The molecule has 0 aromatic carbocycles. The maximum absolute atomic E-state index is 9.37. The molecular formula is C4H13NO8S2. The molecule has 9 nitrogen and oxygen atoms in total. The molecule has 4 N–H and O–H groups in total. The molecular weight excluding hydrogens is 254 g/mol. The predicted octanol–water partition coefficient (Wildman–Crippen LogP) is -1.28. The fraction of sp³-hybridized carbons (Fsp3) is 0.750. The summed E-state index contributed by atoms with van der Waals surface area (Å²) >= 11 is 0. The quantitative estimate of drug-likeness (QED) is 0.457. The number of hydrogen-bond donors (Lipinski definition) is 3. The Hall–Kier alpha value is -0.910. The van der Waals surface area contributed by atoms with Crippen molar-refractivity contribution < 1.29 is 35.5 Å². The van der Waals surface area contributed by atoms with Crippen molar-refractivity contribution >= 4 is 26.3 Å². The van der Waals surface area contributed by atoms with Crippen LogP contribution >= 0.6 is 0 Å². The molecule has 15 heavy (non-hydrogen) atoms. The molecule has 0 bridgehead atoms. The third-order valence-corrected chi connectivity index (χ3v) is 0.201. The van der Waals surface area contributed by atoms with Gasteiger partial charge < -0.3 is 10.5 Å². The van der Waals surface area contributed by atoms with Crippen molar-refractivity contribution in [2.75, 3.05) is 19.6 Å². The van der Waals surface area contributed by atoms with Crippen LogP contribution in [0.3, 0.4) is 0 Å². The zero-order valence-electron chi connectivity index (χ0n) is 8.24. The molecule has 0 spiro atoms. The minimum Gasteiger partial charge on any atom is -0.453 e. The molecule has 0 saturated carbocycles. The molecule has 0 aliphatic rings. The standard InChI is InChI=1S/C2H5NO2.2CH4O3S/c1-5-2(3)4;2*1-5(2,3)4/h1H3,(H2,3,4);2*1H3,(H,2,3,4). The van der Waals surface area contributed by atoms with Crippen molar-refractivity contribution in [3.63, 3.8) is 0 Å². The molecule has 0 rings (SSSR count). The molecule has 0 aliphatic carbocycles. The zero-order chi connectivity index (χ0) is 13.3. The summed E-state index contributed by atoms with van der Waals surface area (Å²) in [6, 6.07) is 0. The Morgan fingerprint density at radius 2 is 1.13 bits per heavy atom. The van der Waals surface area contributed by atoms with E-state index in [1.807, 2.05) is 0 Å². The van der Waals surface area contributed by atoms with Gasteiger partial charge in [-0.2, -0.15) is 16.8 Å². The number of methoxy groups -OCH3 is 1. The van der Waals surface area contributed by atoms with Gasteiger partial charge in [-0.15, -0.1) is 0 Å². The van der Waals surface area contributed by atoms with E-state index in [1.165, 1.54) is 7.11 Å². The highest BCUT2D eigenvalue weighted by molar-refractivity contribution is 7.85. The number of rotatable bonds is 0. The third kappa shape index (κ3) is 1360. The fourth-order valence-corrected chi connectivity index (χ4v) is 0. The van der Waals surface area contributed by atoms with Crippen LogP contribution in [0.4, 0.5) is 4.79 Å². The Morgan fingerprint density at radius 1 is 1.07 bits per heavy atom. The van der Waals surface area contributed by atoms with Gasteiger partial charge in [0.15, 0.2) is 0 Å². The average Bonchev–Trinajstić information content (AvgIpc) is 1.79. The summed E-state index contributed by atoms with van der Waals surface area (Å²) in [6.45, 7) is 0. The molecule has 0 heterocycles. The lowest BCUT2D eigenvalue weighted by molar-refractivity contribution is 0.182. The second-order valence-corrected chi connectivity index (χ2v) is 4.92. The molecule has 0 atom stereocenters. The third-order valence-electron chi connectivity index (χ3n) is 0.201. The number of nitrogens with two attached hydrogens (primary N) is 1. The second kappa shape index (κ2) is 8.40. The van der Waals surface area contributed by atoms with E-state index >= 15 is 0 Å². The summed E-state index contributed by atoms with van der Waals surface area (Å²) in [5, 5.41) is 0. The van der Waals surface area contributed by atoms with E-state index in [0.29, 0.717) is 12.5 Å². The number of carbonyl (C=O) groups excluding carboxylic acids is 1. The lowest BCUT2D eigenvalue weighted by Gasteiger charge is -1.81. The first-order valence-corrected chi connectivity index (χ1v) is 6.65. The van der Waals surface area contributed by atoms with Crippen LogP contribution in [0.15, 0.2) is 0 Å². The molecule has 0 radical (unpaired) electrons. The molecule has 1 amide bonds. The van der Waals surface area contributed by atoms with Gasteiger partial charge in [0.05, 0.1) is 19.6 Å². The van der Waals surface area contributed by atoms with Gasteiger partial charge in [-0.3, -0.25) is 9.11 Å². The van der Waals surface area contributed by atoms with E-state index in [1.54, 1.807) is 0 Å². The van der Waals surface area contributed by atoms with Crippen LogP contribution in [0.25, 0.3) is 0 Å². The second-order valence-electron chi connectivity index (χ2n) is 1.99. The highest BCUT2D eigenvalue weighted by Crippen LogP contribution is 1.61. The number of ether oxygens (including phenoxy) is 1. The molecule has 0 unspecified atom stereocenters. The summed E-state index contributed by atoms with van der Waals surface area (Å²) in [5.74, 6) is 0. The van der Waals surface area contributed by atoms with Gasteiger partial charge in [0.25, 0.3) is 20.2 Å². The SMILES string of the molecule is COC(N)=O.CS(=O)(=O)O.CS(=O)(=O)O. The summed E-state index contributed by atoms with van der Waals surface area (Å²) in [5.41, 5.74) is 4.43. The Kier molecular flexibility index (Phi) is 11.0. The van der Waals surface area contributed by atoms with Crippen molar-refractivity contribution in [1.29, 1.82) is 0 Å². The topological polar surface area (TPSA) is 161 Å². The minimum atomic E-state index is -3.67. The lowest BCUT2D eigenvalue weighted by Crippen LogP contribution is -2.08. The molecule has 0 fully saturated rings. The first-order chi connectivity index (χ1) is 6.27. The molecule has 11 heteroatoms.